The number of carbonyl (C=O) groups is 1. The van der Waals surface area contributed by atoms with Crippen molar-refractivity contribution in [3.05, 3.63) is 65.7 Å². The molecule has 1 aliphatic heterocycles. The molecule has 4 heterocycles. The molecular weight excluding hydrogens is 374 g/mol. The van der Waals surface area contributed by atoms with Gasteiger partial charge in [-0.3, -0.25) is 14.8 Å². The first-order valence-electron chi connectivity index (χ1n) is 10.4. The fourth-order valence-electron chi connectivity index (χ4n) is 5.15. The van der Waals surface area contributed by atoms with E-state index in [0.717, 1.165) is 51.5 Å². The summed E-state index contributed by atoms with van der Waals surface area (Å²) in [4.78, 5) is 26.2. The minimum atomic E-state index is -0.440. The van der Waals surface area contributed by atoms with Gasteiger partial charge in [0.1, 0.15) is 11.5 Å². The van der Waals surface area contributed by atoms with Gasteiger partial charge in [0.15, 0.2) is 0 Å². The van der Waals surface area contributed by atoms with E-state index in [0.29, 0.717) is 17.5 Å². The van der Waals surface area contributed by atoms with Crippen LogP contribution in [0.3, 0.4) is 0 Å². The Morgan fingerprint density at radius 1 is 1.13 bits per heavy atom. The first kappa shape index (κ1) is 17.3. The number of nitrogens with two attached hydrogens (primary N) is 1. The van der Waals surface area contributed by atoms with Gasteiger partial charge in [-0.1, -0.05) is 6.07 Å². The number of hydrogen-bond donors (Lipinski definition) is 1. The number of hydrogen-bond acceptors (Lipinski definition) is 4. The molecule has 0 spiro atoms. The fraction of sp³-hybridized carbons (Fsp3) is 0.250. The van der Waals surface area contributed by atoms with Crippen LogP contribution in [0.1, 0.15) is 53.1 Å². The molecule has 2 unspecified atom stereocenters. The highest BCUT2D eigenvalue weighted by molar-refractivity contribution is 6.02. The second-order valence-electron chi connectivity index (χ2n) is 8.32. The molecule has 2 N–H and O–H groups in total. The van der Waals surface area contributed by atoms with Crippen LogP contribution in [0.15, 0.2) is 48.7 Å². The van der Waals surface area contributed by atoms with Crippen LogP contribution in [0.5, 0.6) is 0 Å². The number of pyridine rings is 2. The minimum absolute atomic E-state index is 0.440. The number of nitrogens with zero attached hydrogens (tertiary/aromatic N) is 4. The molecular formula is C24H21N5O. The average Bonchev–Trinajstić information content (AvgIpc) is 3.45. The molecule has 30 heavy (non-hydrogen) atoms. The highest BCUT2D eigenvalue weighted by Gasteiger charge is 2.41. The molecule has 4 aromatic rings. The van der Waals surface area contributed by atoms with Crippen molar-refractivity contribution in [2.45, 2.75) is 38.1 Å². The second-order valence-corrected chi connectivity index (χ2v) is 8.32. The van der Waals surface area contributed by atoms with E-state index in [1.165, 1.54) is 12.8 Å². The van der Waals surface area contributed by atoms with E-state index in [9.17, 15) is 4.79 Å². The maximum absolute atomic E-state index is 11.8. The predicted octanol–water partition coefficient (Wildman–Crippen LogP) is 4.39. The van der Waals surface area contributed by atoms with Crippen LogP contribution in [0, 0.1) is 6.92 Å². The van der Waals surface area contributed by atoms with Crippen LogP contribution in [-0.4, -0.2) is 25.4 Å². The number of benzene rings is 1. The SMILES string of the molecule is Cc1cccc(-c2nc3n(c2-c2ccnc4ccc(C(N)=O)cc24)C2CCC3C2)n1. The quantitative estimate of drug-likeness (QED) is 0.557. The largest absolute Gasteiger partial charge is 0.366 e. The topological polar surface area (TPSA) is 86.7 Å². The van der Waals surface area contributed by atoms with E-state index in [-0.39, 0.29) is 0 Å². The molecule has 1 amide bonds. The zero-order valence-corrected chi connectivity index (χ0v) is 16.7. The van der Waals surface area contributed by atoms with Gasteiger partial charge in [-0.25, -0.2) is 4.98 Å². The van der Waals surface area contributed by atoms with Gasteiger partial charge in [-0.15, -0.1) is 0 Å². The summed E-state index contributed by atoms with van der Waals surface area (Å²) in [6, 6.07) is 14.0. The number of aryl methyl sites for hydroxylation is 1. The van der Waals surface area contributed by atoms with Gasteiger partial charge in [-0.05, 0) is 62.6 Å². The zero-order chi connectivity index (χ0) is 20.4. The molecule has 6 nitrogen and oxygen atoms in total. The van der Waals surface area contributed by atoms with Crippen molar-refractivity contribution in [1.82, 2.24) is 19.5 Å². The summed E-state index contributed by atoms with van der Waals surface area (Å²) in [5.74, 6) is 1.24. The molecule has 1 saturated carbocycles. The van der Waals surface area contributed by atoms with E-state index in [4.69, 9.17) is 15.7 Å². The molecule has 2 bridgehead atoms. The van der Waals surface area contributed by atoms with Crippen molar-refractivity contribution < 1.29 is 4.79 Å². The van der Waals surface area contributed by atoms with Gasteiger partial charge in [0.25, 0.3) is 0 Å². The first-order valence-corrected chi connectivity index (χ1v) is 10.4. The van der Waals surface area contributed by atoms with E-state index in [1.54, 1.807) is 6.07 Å². The molecule has 1 aliphatic carbocycles. The Kier molecular flexibility index (Phi) is 3.60. The number of primary amides is 1. The number of carbonyl (C=O) groups excluding carboxylic acids is 1. The fourth-order valence-corrected chi connectivity index (χ4v) is 5.15. The van der Waals surface area contributed by atoms with E-state index < -0.39 is 5.91 Å². The van der Waals surface area contributed by atoms with Crippen LogP contribution >= 0.6 is 0 Å². The number of aromatic nitrogens is 4. The summed E-state index contributed by atoms with van der Waals surface area (Å²) in [6.07, 6.45) is 5.36. The maximum atomic E-state index is 11.8. The van der Waals surface area contributed by atoms with E-state index in [1.807, 2.05) is 49.5 Å². The highest BCUT2D eigenvalue weighted by Crippen LogP contribution is 2.52. The Morgan fingerprint density at radius 3 is 2.87 bits per heavy atom. The summed E-state index contributed by atoms with van der Waals surface area (Å²) in [7, 11) is 0. The van der Waals surface area contributed by atoms with Gasteiger partial charge in [0, 0.05) is 40.4 Å². The van der Waals surface area contributed by atoms with Crippen LogP contribution in [0.2, 0.25) is 0 Å². The lowest BCUT2D eigenvalue weighted by molar-refractivity contribution is 0.100. The summed E-state index contributed by atoms with van der Waals surface area (Å²) >= 11 is 0. The molecule has 148 valence electrons. The molecule has 0 radical (unpaired) electrons. The van der Waals surface area contributed by atoms with Gasteiger partial charge < -0.3 is 10.3 Å². The molecule has 3 aromatic heterocycles. The number of imidazole rings is 1. The average molecular weight is 395 g/mol. The highest BCUT2D eigenvalue weighted by atomic mass is 16.1. The monoisotopic (exact) mass is 395 g/mol. The molecule has 2 atom stereocenters. The van der Waals surface area contributed by atoms with Gasteiger partial charge in [0.2, 0.25) is 5.91 Å². The Morgan fingerprint density at radius 2 is 2.03 bits per heavy atom. The first-order chi connectivity index (χ1) is 14.6. The summed E-state index contributed by atoms with van der Waals surface area (Å²) in [5, 5.41) is 0.910. The Bertz CT molecular complexity index is 1340. The van der Waals surface area contributed by atoms with E-state index >= 15 is 0 Å². The van der Waals surface area contributed by atoms with Crippen molar-refractivity contribution in [1.29, 1.82) is 0 Å². The van der Waals surface area contributed by atoms with Gasteiger partial charge in [-0.2, -0.15) is 0 Å². The smallest absolute Gasteiger partial charge is 0.248 e. The molecule has 1 fully saturated rings. The standard InChI is InChI=1S/C24H21N5O/c1-13-3-2-4-20(27-13)21-22(29-16-7-5-15(11-16)24(29)28-21)17-9-10-26-19-8-6-14(23(25)30)12-18(17)19/h2-4,6,8-10,12,15-16H,5,7,11H2,1H3,(H2,25,30). The third kappa shape index (κ3) is 2.43. The minimum Gasteiger partial charge on any atom is -0.366 e. The van der Waals surface area contributed by atoms with Crippen molar-refractivity contribution >= 4 is 16.8 Å². The predicted molar refractivity (Wildman–Crippen MR) is 115 cm³/mol. The van der Waals surface area contributed by atoms with Crippen LogP contribution < -0.4 is 5.73 Å². The van der Waals surface area contributed by atoms with Crippen molar-refractivity contribution in [3.8, 4) is 22.6 Å². The van der Waals surface area contributed by atoms with Crippen molar-refractivity contribution in [3.63, 3.8) is 0 Å². The summed E-state index contributed by atoms with van der Waals surface area (Å²) in [6.45, 7) is 2.00. The van der Waals surface area contributed by atoms with Gasteiger partial charge >= 0.3 is 0 Å². The molecule has 1 aromatic carbocycles. The third-order valence-electron chi connectivity index (χ3n) is 6.49. The number of amides is 1. The summed E-state index contributed by atoms with van der Waals surface area (Å²) in [5.41, 5.74) is 11.7. The number of fused-ring (bicyclic) bond motifs is 6. The summed E-state index contributed by atoms with van der Waals surface area (Å²) < 4.78 is 2.42. The molecule has 2 aliphatic rings. The lowest BCUT2D eigenvalue weighted by Crippen LogP contribution is -2.11. The maximum Gasteiger partial charge on any atom is 0.248 e. The van der Waals surface area contributed by atoms with Crippen molar-refractivity contribution in [2.24, 2.45) is 5.73 Å². The van der Waals surface area contributed by atoms with Crippen LogP contribution in [-0.2, 0) is 0 Å². The zero-order valence-electron chi connectivity index (χ0n) is 16.7. The van der Waals surface area contributed by atoms with Crippen LogP contribution in [0.25, 0.3) is 33.5 Å². The second kappa shape index (κ2) is 6.23. The molecule has 6 heteroatoms. The molecule has 0 saturated heterocycles. The van der Waals surface area contributed by atoms with Crippen molar-refractivity contribution in [2.75, 3.05) is 0 Å². The van der Waals surface area contributed by atoms with Gasteiger partial charge in [0.05, 0.1) is 16.9 Å². The Balaban J connectivity index is 1.68. The normalized spacial score (nSPS) is 19.4. The third-order valence-corrected chi connectivity index (χ3v) is 6.49. The van der Waals surface area contributed by atoms with E-state index in [2.05, 4.69) is 9.55 Å². The molecule has 6 rings (SSSR count). The lowest BCUT2D eigenvalue weighted by Gasteiger charge is -2.18. The van der Waals surface area contributed by atoms with Crippen LogP contribution in [0.4, 0.5) is 0 Å². The Hall–Kier alpha value is -3.54. The Labute approximate surface area is 173 Å². The number of rotatable bonds is 3. The lowest BCUT2D eigenvalue weighted by atomic mass is 10.0.